The van der Waals surface area contributed by atoms with Gasteiger partial charge in [0.1, 0.15) is 6.07 Å². The van der Waals surface area contributed by atoms with E-state index in [0.29, 0.717) is 5.69 Å². The second-order valence-electron chi connectivity index (χ2n) is 7.93. The first kappa shape index (κ1) is 21.4. The van der Waals surface area contributed by atoms with Crippen LogP contribution in [-0.4, -0.2) is 38.0 Å². The summed E-state index contributed by atoms with van der Waals surface area (Å²) in [6, 6.07) is 7.98. The third-order valence-electron chi connectivity index (χ3n) is 5.62. The first-order chi connectivity index (χ1) is 15.4. The van der Waals surface area contributed by atoms with Gasteiger partial charge in [-0.2, -0.15) is 10.4 Å². The molecule has 0 unspecified atom stereocenters. The lowest BCUT2D eigenvalue weighted by atomic mass is 10.1. The average molecular weight is 437 g/mol. The van der Waals surface area contributed by atoms with E-state index < -0.39 is 18.0 Å². The summed E-state index contributed by atoms with van der Waals surface area (Å²) in [7, 11) is 0. The topological polar surface area (TPSA) is 128 Å². The highest BCUT2D eigenvalue weighted by Crippen LogP contribution is 2.35. The highest BCUT2D eigenvalue weighted by atomic mass is 19.1. The fraction of sp³-hybridized carbons (Fsp3) is 0.364. The molecule has 3 aromatic rings. The largest absolute Gasteiger partial charge is 0.465 e. The summed E-state index contributed by atoms with van der Waals surface area (Å²) < 4.78 is 16.5. The summed E-state index contributed by atoms with van der Waals surface area (Å²) in [6.45, 7) is 4.54. The van der Waals surface area contributed by atoms with Crippen molar-refractivity contribution in [3.05, 3.63) is 41.8 Å². The third-order valence-corrected chi connectivity index (χ3v) is 5.62. The highest BCUT2D eigenvalue weighted by molar-refractivity contribution is 5.83. The van der Waals surface area contributed by atoms with Crippen molar-refractivity contribution in [1.29, 1.82) is 5.26 Å². The number of pyridine rings is 1. The number of anilines is 3. The minimum absolute atomic E-state index is 0.0447. The van der Waals surface area contributed by atoms with Crippen LogP contribution < -0.4 is 16.0 Å². The minimum atomic E-state index is -1.12. The van der Waals surface area contributed by atoms with Gasteiger partial charge in [0, 0.05) is 23.7 Å². The molecule has 1 amide bonds. The Hall–Kier alpha value is -3.87. The van der Waals surface area contributed by atoms with E-state index in [0.717, 1.165) is 36.4 Å². The molecule has 0 bridgehead atoms. The van der Waals surface area contributed by atoms with Gasteiger partial charge in [0.2, 0.25) is 0 Å². The Balaban J connectivity index is 1.59. The number of carbonyl (C=O) groups is 1. The van der Waals surface area contributed by atoms with E-state index in [-0.39, 0.29) is 29.2 Å². The summed E-state index contributed by atoms with van der Waals surface area (Å²) in [6.07, 6.45) is 2.48. The van der Waals surface area contributed by atoms with Gasteiger partial charge in [0.05, 0.1) is 23.3 Å². The molecule has 1 fully saturated rings. The summed E-state index contributed by atoms with van der Waals surface area (Å²) in [5.41, 5.74) is 1.73. The maximum absolute atomic E-state index is 14.7. The van der Waals surface area contributed by atoms with Crippen LogP contribution in [0, 0.1) is 23.1 Å². The molecule has 0 aliphatic heterocycles. The molecule has 10 heteroatoms. The first-order valence-electron chi connectivity index (χ1n) is 10.5. The summed E-state index contributed by atoms with van der Waals surface area (Å²) in [5, 5.41) is 32.4. The standard InChI is InChI=1S/C22H24FN7O2/c1-3-30-18-7-6-16(8-15(18)11-25-30)27-20-14(10-24)9-17(23)21(29-20)26-12(2)19(13-4-5-13)28-22(31)32/h6-9,11-13,19,28H,3-5H2,1-2H3,(H,31,32)(H2,26,27,29)/t12-,19-/m1/s1. The van der Waals surface area contributed by atoms with E-state index in [4.69, 9.17) is 5.11 Å². The maximum atomic E-state index is 14.7. The first-order valence-corrected chi connectivity index (χ1v) is 10.5. The molecular formula is C22H24FN7O2. The van der Waals surface area contributed by atoms with E-state index >= 15 is 0 Å². The Morgan fingerprint density at radius 1 is 1.38 bits per heavy atom. The van der Waals surface area contributed by atoms with Crippen molar-refractivity contribution < 1.29 is 14.3 Å². The van der Waals surface area contributed by atoms with Crippen LogP contribution in [0.2, 0.25) is 0 Å². The van der Waals surface area contributed by atoms with Crippen LogP contribution in [0.4, 0.5) is 26.5 Å². The number of nitrogens with one attached hydrogen (secondary N) is 3. The van der Waals surface area contributed by atoms with Gasteiger partial charge in [-0.25, -0.2) is 14.2 Å². The van der Waals surface area contributed by atoms with Crippen molar-refractivity contribution in [1.82, 2.24) is 20.1 Å². The van der Waals surface area contributed by atoms with Gasteiger partial charge >= 0.3 is 6.09 Å². The van der Waals surface area contributed by atoms with Crippen molar-refractivity contribution in [3.8, 4) is 6.07 Å². The lowest BCUT2D eigenvalue weighted by molar-refractivity contribution is 0.186. The summed E-state index contributed by atoms with van der Waals surface area (Å²) >= 11 is 0. The lowest BCUT2D eigenvalue weighted by Crippen LogP contribution is -2.46. The third kappa shape index (κ3) is 4.42. The molecule has 1 aromatic carbocycles. The molecule has 166 valence electrons. The summed E-state index contributed by atoms with van der Waals surface area (Å²) in [4.78, 5) is 15.4. The number of halogens is 1. The van der Waals surface area contributed by atoms with Gasteiger partial charge in [-0.3, -0.25) is 4.68 Å². The number of nitrogens with zero attached hydrogens (tertiary/aromatic N) is 4. The van der Waals surface area contributed by atoms with Gasteiger partial charge in [-0.15, -0.1) is 0 Å². The second kappa shape index (κ2) is 8.70. The molecule has 1 aliphatic carbocycles. The predicted molar refractivity (Wildman–Crippen MR) is 118 cm³/mol. The zero-order valence-electron chi connectivity index (χ0n) is 17.8. The molecule has 2 aromatic heterocycles. The second-order valence-corrected chi connectivity index (χ2v) is 7.93. The number of amides is 1. The Bertz CT molecular complexity index is 1200. The number of rotatable bonds is 8. The molecule has 4 N–H and O–H groups in total. The van der Waals surface area contributed by atoms with Crippen LogP contribution in [0.25, 0.3) is 10.9 Å². The summed E-state index contributed by atoms with van der Waals surface area (Å²) in [5.74, 6) is -0.302. The van der Waals surface area contributed by atoms with Gasteiger partial charge in [0.25, 0.3) is 0 Å². The Morgan fingerprint density at radius 3 is 2.81 bits per heavy atom. The number of hydrogen-bond donors (Lipinski definition) is 4. The maximum Gasteiger partial charge on any atom is 0.404 e. The van der Waals surface area contributed by atoms with Crippen LogP contribution >= 0.6 is 0 Å². The zero-order valence-corrected chi connectivity index (χ0v) is 17.8. The van der Waals surface area contributed by atoms with Crippen molar-refractivity contribution in [2.75, 3.05) is 10.6 Å². The van der Waals surface area contributed by atoms with Gasteiger partial charge in [0.15, 0.2) is 17.5 Å². The monoisotopic (exact) mass is 437 g/mol. The van der Waals surface area contributed by atoms with Crippen molar-refractivity contribution in [2.45, 2.75) is 45.3 Å². The Labute approximate surface area is 184 Å². The van der Waals surface area contributed by atoms with Gasteiger partial charge in [-0.05, 0) is 56.9 Å². The molecule has 2 heterocycles. The fourth-order valence-corrected chi connectivity index (χ4v) is 3.88. The number of benzene rings is 1. The zero-order chi connectivity index (χ0) is 22.8. The van der Waals surface area contributed by atoms with E-state index in [1.54, 1.807) is 13.1 Å². The van der Waals surface area contributed by atoms with E-state index in [9.17, 15) is 14.4 Å². The molecule has 0 radical (unpaired) electrons. The minimum Gasteiger partial charge on any atom is -0.465 e. The molecule has 0 saturated heterocycles. The van der Waals surface area contributed by atoms with Gasteiger partial charge in [-0.1, -0.05) is 0 Å². The van der Waals surface area contributed by atoms with Crippen LogP contribution in [0.5, 0.6) is 0 Å². The number of fused-ring (bicyclic) bond motifs is 1. The Morgan fingerprint density at radius 2 is 2.16 bits per heavy atom. The quantitative estimate of drug-likeness (QED) is 0.418. The number of hydrogen-bond acceptors (Lipinski definition) is 6. The Kier molecular flexibility index (Phi) is 5.81. The lowest BCUT2D eigenvalue weighted by Gasteiger charge is -2.25. The van der Waals surface area contributed by atoms with E-state index in [1.165, 1.54) is 0 Å². The SMILES string of the molecule is CCn1ncc2cc(Nc3nc(N[C@H](C)[C@@H](NC(=O)O)C4CC4)c(F)cc3C#N)ccc21. The average Bonchev–Trinajstić information content (AvgIpc) is 3.53. The van der Waals surface area contributed by atoms with Crippen molar-refractivity contribution in [3.63, 3.8) is 0 Å². The number of nitriles is 1. The number of aryl methyl sites for hydroxylation is 1. The van der Waals surface area contributed by atoms with Crippen LogP contribution in [0.1, 0.15) is 32.3 Å². The van der Waals surface area contributed by atoms with Gasteiger partial charge < -0.3 is 21.1 Å². The number of aromatic nitrogens is 3. The number of carboxylic acid groups (broad SMARTS) is 1. The normalized spacial score (nSPS) is 15.1. The fourth-order valence-electron chi connectivity index (χ4n) is 3.88. The molecule has 4 rings (SSSR count). The van der Waals surface area contributed by atoms with E-state index in [2.05, 4.69) is 26.0 Å². The smallest absolute Gasteiger partial charge is 0.404 e. The molecular weight excluding hydrogens is 413 g/mol. The molecule has 9 nitrogen and oxygen atoms in total. The van der Waals surface area contributed by atoms with Crippen LogP contribution in [-0.2, 0) is 6.54 Å². The molecule has 0 spiro atoms. The van der Waals surface area contributed by atoms with E-state index in [1.807, 2.05) is 35.9 Å². The highest BCUT2D eigenvalue weighted by Gasteiger charge is 2.36. The van der Waals surface area contributed by atoms with Crippen LogP contribution in [0.15, 0.2) is 30.5 Å². The molecule has 2 atom stereocenters. The van der Waals surface area contributed by atoms with Crippen molar-refractivity contribution >= 4 is 34.3 Å². The predicted octanol–water partition coefficient (Wildman–Crippen LogP) is 4.05. The van der Waals surface area contributed by atoms with Crippen molar-refractivity contribution in [2.24, 2.45) is 5.92 Å². The molecule has 32 heavy (non-hydrogen) atoms. The molecule has 1 saturated carbocycles. The van der Waals surface area contributed by atoms with Crippen LogP contribution in [0.3, 0.4) is 0 Å². The molecule has 1 aliphatic rings.